The second-order valence-corrected chi connectivity index (χ2v) is 6.71. The molecule has 0 fully saturated rings. The number of ether oxygens (including phenoxy) is 3. The van der Waals surface area contributed by atoms with Gasteiger partial charge in [-0.2, -0.15) is 0 Å². The van der Waals surface area contributed by atoms with Crippen LogP contribution in [0.4, 0.5) is 0 Å². The van der Waals surface area contributed by atoms with Gasteiger partial charge in [-0.05, 0) is 29.8 Å². The molecule has 2 aromatic carbocycles. The molecule has 0 saturated heterocycles. The van der Waals surface area contributed by atoms with Crippen LogP contribution in [-0.4, -0.2) is 31.7 Å². The molecule has 0 aliphatic rings. The minimum absolute atomic E-state index is 0.0786. The van der Waals surface area contributed by atoms with E-state index in [-0.39, 0.29) is 13.0 Å². The van der Waals surface area contributed by atoms with Crippen LogP contribution in [0, 0.1) is 10.1 Å². The third-order valence-corrected chi connectivity index (χ3v) is 4.81. The van der Waals surface area contributed by atoms with Gasteiger partial charge in [-0.3, -0.25) is 14.9 Å². The fraction of sp³-hybridized carbons (Fsp3) is 0.316. The number of carbonyl (C=O) groups excluding carboxylic acids is 1. The number of methoxy groups -OCH3 is 2. The van der Waals surface area contributed by atoms with Gasteiger partial charge in [-0.15, -0.1) is 0 Å². The lowest BCUT2D eigenvalue weighted by Gasteiger charge is -2.17. The molecule has 2 aromatic rings. The van der Waals surface area contributed by atoms with Crippen LogP contribution in [0.3, 0.4) is 0 Å². The molecule has 1 atom stereocenters. The van der Waals surface area contributed by atoms with Gasteiger partial charge in [0, 0.05) is 20.5 Å². The zero-order valence-electron chi connectivity index (χ0n) is 15.3. The number of nitro groups is 1. The zero-order valence-corrected chi connectivity index (χ0v) is 16.8. The highest BCUT2D eigenvalue weighted by Crippen LogP contribution is 2.34. The SMILES string of the molecule is COC(=O)CC(C[N+](=O)[O-])c1ccc(OC)c(OCc2c(Cl)cccc2Cl)c1. The van der Waals surface area contributed by atoms with E-state index in [0.717, 1.165) is 0 Å². The standard InChI is InChI=1S/C19H19Cl2NO6/c1-26-17-7-6-12(13(10-22(24)25)9-19(23)27-2)8-18(17)28-11-14-15(20)4-3-5-16(14)21/h3-8,13H,9-11H2,1-2H3. The smallest absolute Gasteiger partial charge is 0.306 e. The summed E-state index contributed by atoms with van der Waals surface area (Å²) in [6.45, 7) is -0.341. The number of esters is 1. The van der Waals surface area contributed by atoms with Crippen molar-refractivity contribution in [1.29, 1.82) is 0 Å². The maximum absolute atomic E-state index is 11.6. The highest BCUT2D eigenvalue weighted by Gasteiger charge is 2.23. The van der Waals surface area contributed by atoms with Crippen molar-refractivity contribution in [3.63, 3.8) is 0 Å². The maximum atomic E-state index is 11.6. The van der Waals surface area contributed by atoms with E-state index in [1.54, 1.807) is 36.4 Å². The molecule has 0 N–H and O–H groups in total. The third kappa shape index (κ3) is 5.74. The molecule has 0 aliphatic heterocycles. The average Bonchev–Trinajstić information content (AvgIpc) is 2.66. The number of hydrogen-bond donors (Lipinski definition) is 0. The van der Waals surface area contributed by atoms with Crippen LogP contribution in [0.1, 0.15) is 23.5 Å². The minimum Gasteiger partial charge on any atom is -0.493 e. The molecule has 0 heterocycles. The molecule has 0 bridgehead atoms. The minimum atomic E-state index is -0.667. The van der Waals surface area contributed by atoms with Crippen LogP contribution in [0.5, 0.6) is 11.5 Å². The molecule has 0 aromatic heterocycles. The summed E-state index contributed by atoms with van der Waals surface area (Å²) < 4.78 is 15.8. The summed E-state index contributed by atoms with van der Waals surface area (Å²) >= 11 is 12.3. The third-order valence-electron chi connectivity index (χ3n) is 4.10. The van der Waals surface area contributed by atoms with Gasteiger partial charge in [0.05, 0.1) is 26.6 Å². The Labute approximate surface area is 172 Å². The molecule has 2 rings (SSSR count). The first-order chi connectivity index (χ1) is 13.3. The van der Waals surface area contributed by atoms with E-state index < -0.39 is 23.4 Å². The Bertz CT molecular complexity index is 838. The first-order valence-electron chi connectivity index (χ1n) is 8.28. The Morgan fingerprint density at radius 1 is 1.14 bits per heavy atom. The summed E-state index contributed by atoms with van der Waals surface area (Å²) in [5.41, 5.74) is 1.16. The highest BCUT2D eigenvalue weighted by atomic mass is 35.5. The van der Waals surface area contributed by atoms with Crippen LogP contribution in [0.25, 0.3) is 0 Å². The van der Waals surface area contributed by atoms with Crippen molar-refractivity contribution >= 4 is 29.2 Å². The average molecular weight is 428 g/mol. The fourth-order valence-corrected chi connectivity index (χ4v) is 3.14. The zero-order chi connectivity index (χ0) is 20.7. The maximum Gasteiger partial charge on any atom is 0.306 e. The number of carbonyl (C=O) groups is 1. The number of rotatable bonds is 9. The summed E-state index contributed by atoms with van der Waals surface area (Å²) in [5, 5.41) is 11.9. The van der Waals surface area contributed by atoms with Gasteiger partial charge in [-0.1, -0.05) is 35.3 Å². The number of benzene rings is 2. The van der Waals surface area contributed by atoms with Gasteiger partial charge < -0.3 is 14.2 Å². The second-order valence-electron chi connectivity index (χ2n) is 5.89. The van der Waals surface area contributed by atoms with Crippen molar-refractivity contribution in [1.82, 2.24) is 0 Å². The summed E-state index contributed by atoms with van der Waals surface area (Å²) in [4.78, 5) is 22.2. The van der Waals surface area contributed by atoms with Gasteiger partial charge in [0.1, 0.15) is 6.61 Å². The van der Waals surface area contributed by atoms with Crippen LogP contribution >= 0.6 is 23.2 Å². The Morgan fingerprint density at radius 2 is 1.82 bits per heavy atom. The molecule has 0 saturated carbocycles. The molecule has 0 spiro atoms. The summed E-state index contributed by atoms with van der Waals surface area (Å²) in [5.74, 6) is -0.411. The number of hydrogen-bond acceptors (Lipinski definition) is 6. The van der Waals surface area contributed by atoms with Gasteiger partial charge in [0.15, 0.2) is 11.5 Å². The summed E-state index contributed by atoms with van der Waals surface area (Å²) in [6.07, 6.45) is -0.125. The van der Waals surface area contributed by atoms with E-state index in [1.807, 2.05) is 0 Å². The van der Waals surface area contributed by atoms with Gasteiger partial charge in [0.25, 0.3) is 0 Å². The van der Waals surface area contributed by atoms with E-state index >= 15 is 0 Å². The van der Waals surface area contributed by atoms with Crippen molar-refractivity contribution in [2.75, 3.05) is 20.8 Å². The lowest BCUT2D eigenvalue weighted by Crippen LogP contribution is -2.17. The van der Waals surface area contributed by atoms with Crippen LogP contribution < -0.4 is 9.47 Å². The van der Waals surface area contributed by atoms with Gasteiger partial charge in [0.2, 0.25) is 6.54 Å². The van der Waals surface area contributed by atoms with Crippen molar-refractivity contribution in [2.45, 2.75) is 18.9 Å². The Balaban J connectivity index is 2.30. The summed E-state index contributed by atoms with van der Waals surface area (Å²) in [6, 6.07) is 10.0. The monoisotopic (exact) mass is 427 g/mol. The normalized spacial score (nSPS) is 11.6. The van der Waals surface area contributed by atoms with E-state index in [2.05, 4.69) is 4.74 Å². The quantitative estimate of drug-likeness (QED) is 0.332. The molecule has 0 amide bonds. The van der Waals surface area contributed by atoms with Crippen molar-refractivity contribution in [3.05, 3.63) is 67.7 Å². The Morgan fingerprint density at radius 3 is 2.39 bits per heavy atom. The summed E-state index contributed by atoms with van der Waals surface area (Å²) in [7, 11) is 2.72. The van der Waals surface area contributed by atoms with E-state index in [0.29, 0.717) is 32.7 Å². The van der Waals surface area contributed by atoms with Crippen LogP contribution in [-0.2, 0) is 16.1 Å². The van der Waals surface area contributed by atoms with E-state index in [4.69, 9.17) is 32.7 Å². The molecule has 7 nitrogen and oxygen atoms in total. The highest BCUT2D eigenvalue weighted by molar-refractivity contribution is 6.35. The number of halogens is 2. The van der Waals surface area contributed by atoms with Crippen molar-refractivity contribution in [3.8, 4) is 11.5 Å². The molecular formula is C19H19Cl2NO6. The molecular weight excluding hydrogens is 409 g/mol. The fourth-order valence-electron chi connectivity index (χ4n) is 2.63. The van der Waals surface area contributed by atoms with E-state index in [9.17, 15) is 14.9 Å². The lowest BCUT2D eigenvalue weighted by atomic mass is 9.95. The largest absolute Gasteiger partial charge is 0.493 e. The molecule has 9 heteroatoms. The van der Waals surface area contributed by atoms with Crippen LogP contribution in [0.15, 0.2) is 36.4 Å². The Hall–Kier alpha value is -2.51. The Kier molecular flexibility index (Phi) is 7.90. The molecule has 1 unspecified atom stereocenters. The lowest BCUT2D eigenvalue weighted by molar-refractivity contribution is -0.483. The first kappa shape index (κ1) is 21.8. The predicted octanol–water partition coefficient (Wildman–Crippen LogP) is 4.50. The predicted molar refractivity (Wildman–Crippen MR) is 105 cm³/mol. The number of nitrogens with zero attached hydrogens (tertiary/aromatic N) is 1. The molecule has 150 valence electrons. The van der Waals surface area contributed by atoms with Gasteiger partial charge >= 0.3 is 5.97 Å². The molecule has 0 aliphatic carbocycles. The second kappa shape index (κ2) is 10.1. The molecule has 0 radical (unpaired) electrons. The first-order valence-corrected chi connectivity index (χ1v) is 9.03. The van der Waals surface area contributed by atoms with Crippen molar-refractivity contribution < 1.29 is 23.9 Å². The van der Waals surface area contributed by atoms with Gasteiger partial charge in [-0.25, -0.2) is 0 Å². The van der Waals surface area contributed by atoms with Crippen LogP contribution in [0.2, 0.25) is 10.0 Å². The van der Waals surface area contributed by atoms with E-state index in [1.165, 1.54) is 14.2 Å². The van der Waals surface area contributed by atoms with Crippen molar-refractivity contribution in [2.24, 2.45) is 0 Å². The topological polar surface area (TPSA) is 87.9 Å². The molecule has 28 heavy (non-hydrogen) atoms.